The molecule has 8 heteroatoms. The first-order valence-electron chi connectivity index (χ1n) is 5.59. The average Bonchev–Trinajstić information content (AvgIpc) is 2.45. The van der Waals surface area contributed by atoms with Crippen LogP contribution in [0.25, 0.3) is 0 Å². The van der Waals surface area contributed by atoms with E-state index in [9.17, 15) is 0 Å². The first-order chi connectivity index (χ1) is 8.81. The molecule has 2 heterocycles. The lowest BCUT2D eigenvalue weighted by molar-refractivity contribution is -0.0819. The molecular formula is C10H16N4O4. The predicted octanol–water partition coefficient (Wildman–Crippen LogP) is -0.284. The molecule has 1 saturated heterocycles. The summed E-state index contributed by atoms with van der Waals surface area (Å²) >= 11 is 0. The lowest BCUT2D eigenvalue weighted by Gasteiger charge is -2.23. The molecule has 100 valence electrons. The summed E-state index contributed by atoms with van der Waals surface area (Å²) in [7, 11) is 2.97. The number of methoxy groups -OCH3 is 2. The maximum Gasteiger partial charge on any atom is 0.324 e. The van der Waals surface area contributed by atoms with Crippen molar-refractivity contribution in [2.45, 2.75) is 6.10 Å². The lowest BCUT2D eigenvalue weighted by atomic mass is 10.3. The summed E-state index contributed by atoms with van der Waals surface area (Å²) in [5.41, 5.74) is 0. The highest BCUT2D eigenvalue weighted by atomic mass is 16.6. The molecule has 1 fully saturated rings. The van der Waals surface area contributed by atoms with E-state index in [4.69, 9.17) is 18.9 Å². The molecule has 18 heavy (non-hydrogen) atoms. The molecule has 1 aromatic rings. The monoisotopic (exact) mass is 256 g/mol. The second kappa shape index (κ2) is 6.31. The van der Waals surface area contributed by atoms with Crippen molar-refractivity contribution >= 4 is 5.95 Å². The maximum absolute atomic E-state index is 5.49. The van der Waals surface area contributed by atoms with E-state index >= 15 is 0 Å². The fourth-order valence-corrected chi connectivity index (χ4v) is 1.46. The number of rotatable bonds is 5. The second-order valence-electron chi connectivity index (χ2n) is 3.58. The molecule has 0 amide bonds. The van der Waals surface area contributed by atoms with Gasteiger partial charge in [0, 0.05) is 6.54 Å². The van der Waals surface area contributed by atoms with Gasteiger partial charge in [0.25, 0.3) is 0 Å². The Labute approximate surface area is 105 Å². The van der Waals surface area contributed by atoms with E-state index in [1.807, 2.05) is 0 Å². The number of hydrogen-bond acceptors (Lipinski definition) is 8. The molecular weight excluding hydrogens is 240 g/mol. The van der Waals surface area contributed by atoms with Gasteiger partial charge in [-0.2, -0.15) is 9.97 Å². The molecule has 2 rings (SSSR count). The molecule has 0 spiro atoms. The number of aromatic nitrogens is 3. The standard InChI is InChI=1S/C10H16N4O4/c1-15-9-12-8(13-10(14-9)16-2)11-5-7-6-17-3-4-18-7/h7H,3-6H2,1-2H3,(H,11,12,13,14). The Morgan fingerprint density at radius 3 is 2.44 bits per heavy atom. The summed E-state index contributed by atoms with van der Waals surface area (Å²) < 4.78 is 20.7. The third kappa shape index (κ3) is 3.41. The topological polar surface area (TPSA) is 87.6 Å². The van der Waals surface area contributed by atoms with Gasteiger partial charge in [-0.3, -0.25) is 0 Å². The van der Waals surface area contributed by atoms with Gasteiger partial charge in [-0.15, -0.1) is 4.98 Å². The van der Waals surface area contributed by atoms with Gasteiger partial charge in [0.05, 0.1) is 40.1 Å². The molecule has 1 unspecified atom stereocenters. The van der Waals surface area contributed by atoms with Gasteiger partial charge >= 0.3 is 12.0 Å². The molecule has 1 N–H and O–H groups in total. The van der Waals surface area contributed by atoms with Crippen LogP contribution in [0.1, 0.15) is 0 Å². The number of hydrogen-bond donors (Lipinski definition) is 1. The molecule has 0 saturated carbocycles. The summed E-state index contributed by atoms with van der Waals surface area (Å²) in [6, 6.07) is 0.398. The Bertz CT molecular complexity index is 362. The quantitative estimate of drug-likeness (QED) is 0.769. The lowest BCUT2D eigenvalue weighted by Crippen LogP contribution is -2.34. The van der Waals surface area contributed by atoms with Crippen LogP contribution in [0.3, 0.4) is 0 Å². The van der Waals surface area contributed by atoms with E-state index < -0.39 is 0 Å². The average molecular weight is 256 g/mol. The van der Waals surface area contributed by atoms with Gasteiger partial charge < -0.3 is 24.3 Å². The van der Waals surface area contributed by atoms with E-state index in [2.05, 4.69) is 20.3 Å². The van der Waals surface area contributed by atoms with Crippen LogP contribution < -0.4 is 14.8 Å². The smallest absolute Gasteiger partial charge is 0.324 e. The van der Waals surface area contributed by atoms with Gasteiger partial charge in [-0.05, 0) is 0 Å². The first-order valence-corrected chi connectivity index (χ1v) is 5.59. The molecule has 1 atom stereocenters. The van der Waals surface area contributed by atoms with Crippen LogP contribution in [-0.4, -0.2) is 61.6 Å². The van der Waals surface area contributed by atoms with Crippen molar-refractivity contribution in [1.82, 2.24) is 15.0 Å². The van der Waals surface area contributed by atoms with E-state index in [1.54, 1.807) is 0 Å². The highest BCUT2D eigenvalue weighted by molar-refractivity contribution is 5.27. The van der Waals surface area contributed by atoms with Crippen molar-refractivity contribution in [3.05, 3.63) is 0 Å². The minimum Gasteiger partial charge on any atom is -0.467 e. The summed E-state index contributed by atoms with van der Waals surface area (Å²) in [4.78, 5) is 12.0. The zero-order valence-corrected chi connectivity index (χ0v) is 10.4. The molecule has 0 aliphatic carbocycles. The zero-order chi connectivity index (χ0) is 12.8. The molecule has 8 nitrogen and oxygen atoms in total. The van der Waals surface area contributed by atoms with Crippen LogP contribution in [0.5, 0.6) is 12.0 Å². The minimum absolute atomic E-state index is 0.00694. The van der Waals surface area contributed by atoms with Crippen molar-refractivity contribution in [2.24, 2.45) is 0 Å². The van der Waals surface area contributed by atoms with E-state index in [-0.39, 0.29) is 18.1 Å². The maximum atomic E-state index is 5.49. The number of nitrogens with zero attached hydrogens (tertiary/aromatic N) is 3. The minimum atomic E-state index is -0.00694. The van der Waals surface area contributed by atoms with E-state index in [0.29, 0.717) is 32.3 Å². The van der Waals surface area contributed by atoms with Crippen molar-refractivity contribution in [3.8, 4) is 12.0 Å². The molecule has 0 radical (unpaired) electrons. The Balaban J connectivity index is 1.94. The van der Waals surface area contributed by atoms with Gasteiger partial charge in [0.2, 0.25) is 5.95 Å². The van der Waals surface area contributed by atoms with E-state index in [0.717, 1.165) is 0 Å². The van der Waals surface area contributed by atoms with E-state index in [1.165, 1.54) is 14.2 Å². The predicted molar refractivity (Wildman–Crippen MR) is 62.0 cm³/mol. The molecule has 1 aliphatic rings. The molecule has 1 aliphatic heterocycles. The van der Waals surface area contributed by atoms with Gasteiger partial charge in [0.1, 0.15) is 0 Å². The molecule has 0 aromatic carbocycles. The fourth-order valence-electron chi connectivity index (χ4n) is 1.46. The van der Waals surface area contributed by atoms with Gasteiger partial charge in [-0.25, -0.2) is 0 Å². The zero-order valence-electron chi connectivity index (χ0n) is 10.4. The van der Waals surface area contributed by atoms with Crippen molar-refractivity contribution in [1.29, 1.82) is 0 Å². The van der Waals surface area contributed by atoms with Crippen molar-refractivity contribution in [3.63, 3.8) is 0 Å². The summed E-state index contributed by atoms with van der Waals surface area (Å²) in [6.45, 7) is 2.36. The molecule has 1 aromatic heterocycles. The van der Waals surface area contributed by atoms with Gasteiger partial charge in [-0.1, -0.05) is 0 Å². The normalized spacial score (nSPS) is 19.3. The van der Waals surface area contributed by atoms with Gasteiger partial charge in [0.15, 0.2) is 0 Å². The SMILES string of the molecule is COc1nc(NCC2COCCO2)nc(OC)n1. The van der Waals surface area contributed by atoms with Crippen LogP contribution in [-0.2, 0) is 9.47 Å². The van der Waals surface area contributed by atoms with Crippen LogP contribution in [0, 0.1) is 0 Å². The van der Waals surface area contributed by atoms with Crippen LogP contribution in [0.15, 0.2) is 0 Å². The van der Waals surface area contributed by atoms with Crippen LogP contribution in [0.2, 0.25) is 0 Å². The highest BCUT2D eigenvalue weighted by Crippen LogP contribution is 2.12. The number of anilines is 1. The second-order valence-corrected chi connectivity index (χ2v) is 3.58. The highest BCUT2D eigenvalue weighted by Gasteiger charge is 2.15. The number of nitrogens with one attached hydrogen (secondary N) is 1. The molecule has 0 bridgehead atoms. The van der Waals surface area contributed by atoms with Crippen LogP contribution >= 0.6 is 0 Å². The van der Waals surface area contributed by atoms with Crippen molar-refractivity contribution in [2.75, 3.05) is 45.9 Å². The Morgan fingerprint density at radius 2 is 1.89 bits per heavy atom. The third-order valence-corrected chi connectivity index (χ3v) is 2.33. The largest absolute Gasteiger partial charge is 0.467 e. The third-order valence-electron chi connectivity index (χ3n) is 2.33. The summed E-state index contributed by atoms with van der Waals surface area (Å²) in [6.07, 6.45) is -0.00694. The Hall–Kier alpha value is -1.67. The Kier molecular flexibility index (Phi) is 4.48. The number of ether oxygens (including phenoxy) is 4. The summed E-state index contributed by atoms with van der Waals surface area (Å²) in [5, 5.41) is 3.04. The first kappa shape index (κ1) is 12.8. The fraction of sp³-hybridized carbons (Fsp3) is 0.700. The van der Waals surface area contributed by atoms with Crippen LogP contribution in [0.4, 0.5) is 5.95 Å². The van der Waals surface area contributed by atoms with Crippen molar-refractivity contribution < 1.29 is 18.9 Å². The Morgan fingerprint density at radius 1 is 1.17 bits per heavy atom. The summed E-state index contributed by atoms with van der Waals surface area (Å²) in [5.74, 6) is 0.382.